The van der Waals surface area contributed by atoms with Gasteiger partial charge in [0, 0.05) is 29.5 Å². The van der Waals surface area contributed by atoms with Crippen LogP contribution in [0.4, 0.5) is 16.2 Å². The summed E-state index contributed by atoms with van der Waals surface area (Å²) in [5.74, 6) is 0.643. The summed E-state index contributed by atoms with van der Waals surface area (Å²) in [6.45, 7) is 8.20. The zero-order valence-corrected chi connectivity index (χ0v) is 15.6. The quantitative estimate of drug-likeness (QED) is 0.705. The molecule has 0 aromatic heterocycles. The van der Waals surface area contributed by atoms with Crippen LogP contribution >= 0.6 is 11.6 Å². The summed E-state index contributed by atoms with van der Waals surface area (Å²) in [6, 6.07) is 12.7. The topological polar surface area (TPSA) is 53.6 Å². The summed E-state index contributed by atoms with van der Waals surface area (Å²) >= 11 is 5.81. The second kappa shape index (κ2) is 9.18. The fourth-order valence-electron chi connectivity index (χ4n) is 2.46. The maximum absolute atomic E-state index is 12.0. The van der Waals surface area contributed by atoms with E-state index in [1.54, 1.807) is 24.3 Å². The maximum Gasteiger partial charge on any atom is 0.321 e. The summed E-state index contributed by atoms with van der Waals surface area (Å²) in [4.78, 5) is 14.3. The first-order valence-corrected chi connectivity index (χ1v) is 8.70. The van der Waals surface area contributed by atoms with Crippen LogP contribution in [0.25, 0.3) is 0 Å². The number of rotatable bonds is 7. The molecule has 0 bridgehead atoms. The molecule has 0 aliphatic carbocycles. The summed E-state index contributed by atoms with van der Waals surface area (Å²) in [5.41, 5.74) is 2.94. The van der Waals surface area contributed by atoms with Gasteiger partial charge in [0.25, 0.3) is 0 Å². The van der Waals surface area contributed by atoms with Gasteiger partial charge in [-0.15, -0.1) is 0 Å². The van der Waals surface area contributed by atoms with E-state index in [9.17, 15) is 4.79 Å². The lowest BCUT2D eigenvalue weighted by Crippen LogP contribution is -2.32. The van der Waals surface area contributed by atoms with Gasteiger partial charge in [-0.2, -0.15) is 0 Å². The number of amides is 2. The van der Waals surface area contributed by atoms with Crippen molar-refractivity contribution in [2.24, 2.45) is 0 Å². The third-order valence-electron chi connectivity index (χ3n) is 3.87. The normalized spacial score (nSPS) is 10.2. The Bertz CT molecular complexity index is 700. The summed E-state index contributed by atoms with van der Waals surface area (Å²) in [7, 11) is 0. The highest BCUT2D eigenvalue weighted by Crippen LogP contribution is 2.22. The highest BCUT2D eigenvalue weighted by molar-refractivity contribution is 6.30. The monoisotopic (exact) mass is 361 g/mol. The van der Waals surface area contributed by atoms with Crippen molar-refractivity contribution in [2.45, 2.75) is 20.8 Å². The number of ether oxygens (including phenoxy) is 1. The lowest BCUT2D eigenvalue weighted by molar-refractivity contribution is 0.234. The summed E-state index contributed by atoms with van der Waals surface area (Å²) in [6.07, 6.45) is 0. The van der Waals surface area contributed by atoms with Gasteiger partial charge in [0.05, 0.1) is 0 Å². The predicted molar refractivity (Wildman–Crippen MR) is 104 cm³/mol. The number of halogens is 1. The van der Waals surface area contributed by atoms with Gasteiger partial charge in [0.2, 0.25) is 0 Å². The summed E-state index contributed by atoms with van der Waals surface area (Å²) < 4.78 is 5.44. The molecule has 2 N–H and O–H groups in total. The Hall–Kier alpha value is -2.40. The molecule has 5 nitrogen and oxygen atoms in total. The number of urea groups is 1. The van der Waals surface area contributed by atoms with Crippen LogP contribution in [-0.4, -0.2) is 25.9 Å². The molecule has 0 unspecified atom stereocenters. The van der Waals surface area contributed by atoms with E-state index < -0.39 is 0 Å². The van der Waals surface area contributed by atoms with Gasteiger partial charge in [-0.25, -0.2) is 4.79 Å². The molecule has 0 aliphatic heterocycles. The molecule has 0 saturated carbocycles. The highest BCUT2D eigenvalue weighted by atomic mass is 35.5. The number of anilines is 2. The molecule has 2 aromatic carbocycles. The predicted octanol–water partition coefficient (Wildman–Crippen LogP) is 4.65. The van der Waals surface area contributed by atoms with E-state index in [4.69, 9.17) is 16.3 Å². The number of hydrogen-bond acceptors (Lipinski definition) is 3. The fraction of sp³-hybridized carbons (Fsp3) is 0.316. The number of carbonyl (C=O) groups excluding carboxylic acids is 1. The van der Waals surface area contributed by atoms with E-state index in [-0.39, 0.29) is 12.8 Å². The van der Waals surface area contributed by atoms with Crippen LogP contribution in [0.5, 0.6) is 5.75 Å². The van der Waals surface area contributed by atoms with Gasteiger partial charge < -0.3 is 20.3 Å². The minimum absolute atomic E-state index is 0.0735. The van der Waals surface area contributed by atoms with Crippen molar-refractivity contribution in [3.63, 3.8) is 0 Å². The van der Waals surface area contributed by atoms with Crippen molar-refractivity contribution in [1.82, 2.24) is 5.32 Å². The second-order valence-electron chi connectivity index (χ2n) is 5.55. The molecule has 2 amide bonds. The van der Waals surface area contributed by atoms with Crippen molar-refractivity contribution in [2.75, 3.05) is 30.0 Å². The number of benzene rings is 2. The van der Waals surface area contributed by atoms with Gasteiger partial charge in [-0.1, -0.05) is 11.6 Å². The maximum atomic E-state index is 12.0. The van der Waals surface area contributed by atoms with Crippen molar-refractivity contribution >= 4 is 29.0 Å². The van der Waals surface area contributed by atoms with Crippen LogP contribution in [0, 0.1) is 6.92 Å². The van der Waals surface area contributed by atoms with E-state index in [0.717, 1.165) is 30.0 Å². The standard InChI is InChI=1S/C19H24ClN3O2/c1-4-23(5-2)16-8-11-18(14(3)12-16)22-19(24)21-13-25-17-9-6-15(20)7-10-17/h6-12H,4-5,13H2,1-3H3,(H2,21,22,24). The average Bonchev–Trinajstić information content (AvgIpc) is 2.60. The SMILES string of the molecule is CCN(CC)c1ccc(NC(=O)NCOc2ccc(Cl)cc2)c(C)c1. The molecule has 0 heterocycles. The molecule has 2 rings (SSSR count). The fourth-order valence-corrected chi connectivity index (χ4v) is 2.58. The number of carbonyl (C=O) groups is 1. The van der Waals surface area contributed by atoms with E-state index >= 15 is 0 Å². The van der Waals surface area contributed by atoms with Gasteiger partial charge in [0.1, 0.15) is 5.75 Å². The molecule has 0 spiro atoms. The Morgan fingerprint density at radius 2 is 1.80 bits per heavy atom. The third kappa shape index (κ3) is 5.57. The molecule has 0 saturated heterocycles. The number of nitrogens with one attached hydrogen (secondary N) is 2. The first-order chi connectivity index (χ1) is 12.0. The van der Waals surface area contributed by atoms with Gasteiger partial charge in [0.15, 0.2) is 6.73 Å². The first kappa shape index (κ1) is 18.9. The minimum Gasteiger partial charge on any atom is -0.473 e. The highest BCUT2D eigenvalue weighted by Gasteiger charge is 2.07. The van der Waals surface area contributed by atoms with Crippen LogP contribution in [0.2, 0.25) is 5.02 Å². The Morgan fingerprint density at radius 1 is 1.12 bits per heavy atom. The van der Waals surface area contributed by atoms with E-state index in [1.165, 1.54) is 0 Å². The third-order valence-corrected chi connectivity index (χ3v) is 4.12. The van der Waals surface area contributed by atoms with Crippen LogP contribution in [0.1, 0.15) is 19.4 Å². The molecule has 0 radical (unpaired) electrons. The van der Waals surface area contributed by atoms with Crippen molar-refractivity contribution in [1.29, 1.82) is 0 Å². The second-order valence-corrected chi connectivity index (χ2v) is 5.98. The summed E-state index contributed by atoms with van der Waals surface area (Å²) in [5, 5.41) is 6.14. The molecule has 0 aliphatic rings. The van der Waals surface area contributed by atoms with Gasteiger partial charge in [-0.05, 0) is 68.8 Å². The van der Waals surface area contributed by atoms with Crippen molar-refractivity contribution < 1.29 is 9.53 Å². The van der Waals surface area contributed by atoms with Gasteiger partial charge >= 0.3 is 6.03 Å². The Balaban J connectivity index is 1.86. The minimum atomic E-state index is -0.312. The van der Waals surface area contributed by atoms with Crippen molar-refractivity contribution in [3.8, 4) is 5.75 Å². The molecule has 0 atom stereocenters. The lowest BCUT2D eigenvalue weighted by atomic mass is 10.1. The van der Waals surface area contributed by atoms with E-state index in [0.29, 0.717) is 10.8 Å². The average molecular weight is 362 g/mol. The number of nitrogens with zero attached hydrogens (tertiary/aromatic N) is 1. The molecule has 134 valence electrons. The van der Waals surface area contributed by atoms with Crippen LogP contribution in [-0.2, 0) is 0 Å². The molecule has 2 aromatic rings. The molecule has 25 heavy (non-hydrogen) atoms. The Morgan fingerprint density at radius 3 is 2.40 bits per heavy atom. The Kier molecular flexibility index (Phi) is 6.95. The molecule has 0 fully saturated rings. The first-order valence-electron chi connectivity index (χ1n) is 8.32. The largest absolute Gasteiger partial charge is 0.473 e. The zero-order chi connectivity index (χ0) is 18.2. The molecular formula is C19H24ClN3O2. The van der Waals surface area contributed by atoms with Crippen LogP contribution in [0.15, 0.2) is 42.5 Å². The molecular weight excluding hydrogens is 338 g/mol. The number of aryl methyl sites for hydroxylation is 1. The van der Waals surface area contributed by atoms with Crippen LogP contribution in [0.3, 0.4) is 0 Å². The number of hydrogen-bond donors (Lipinski definition) is 2. The van der Waals surface area contributed by atoms with Crippen molar-refractivity contribution in [3.05, 3.63) is 53.1 Å². The van der Waals surface area contributed by atoms with E-state index in [2.05, 4.69) is 35.4 Å². The Labute approximate surface area is 153 Å². The smallest absolute Gasteiger partial charge is 0.321 e. The van der Waals surface area contributed by atoms with Gasteiger partial charge in [-0.3, -0.25) is 0 Å². The van der Waals surface area contributed by atoms with E-state index in [1.807, 2.05) is 19.1 Å². The molecule has 6 heteroatoms. The lowest BCUT2D eigenvalue weighted by Gasteiger charge is -2.22. The van der Waals surface area contributed by atoms with Crippen LogP contribution < -0.4 is 20.3 Å². The zero-order valence-electron chi connectivity index (χ0n) is 14.8.